The molecule has 0 radical (unpaired) electrons. The Kier molecular flexibility index (Phi) is 9.11. The third-order valence-corrected chi connectivity index (χ3v) is 4.68. The Bertz CT molecular complexity index is 402. The van der Waals surface area contributed by atoms with E-state index >= 15 is 0 Å². The van der Waals surface area contributed by atoms with Crippen molar-refractivity contribution in [1.82, 2.24) is 15.5 Å². The number of hydrogen-bond donors (Lipinski definition) is 2. The number of nitrogens with zero attached hydrogens (tertiary/aromatic N) is 2. The summed E-state index contributed by atoms with van der Waals surface area (Å²) in [7, 11) is 5.27. The predicted octanol–water partition coefficient (Wildman–Crippen LogP) is 1.86. The molecule has 6 nitrogen and oxygen atoms in total. The minimum Gasteiger partial charge on any atom is -0.385 e. The zero-order chi connectivity index (χ0) is 18.0. The second-order valence-electron chi connectivity index (χ2n) is 7.53. The van der Waals surface area contributed by atoms with E-state index in [1.54, 1.807) is 26.1 Å². The minimum absolute atomic E-state index is 0.00982. The van der Waals surface area contributed by atoms with Gasteiger partial charge in [0.15, 0.2) is 5.96 Å². The van der Waals surface area contributed by atoms with Crippen LogP contribution in [-0.4, -0.2) is 64.2 Å². The number of likely N-dealkylation sites (N-methyl/N-ethyl adjacent to an activating group) is 1. The lowest BCUT2D eigenvalue weighted by Crippen LogP contribution is -2.45. The Morgan fingerprint density at radius 3 is 2.46 bits per heavy atom. The lowest BCUT2D eigenvalue weighted by atomic mass is 9.83. The van der Waals surface area contributed by atoms with Gasteiger partial charge in [0, 0.05) is 40.9 Å². The van der Waals surface area contributed by atoms with Gasteiger partial charge in [-0.2, -0.15) is 0 Å². The summed E-state index contributed by atoms with van der Waals surface area (Å²) in [5, 5.41) is 6.82. The molecule has 1 aliphatic rings. The van der Waals surface area contributed by atoms with Crippen molar-refractivity contribution in [2.75, 3.05) is 47.4 Å². The molecule has 0 saturated heterocycles. The topological polar surface area (TPSA) is 66.0 Å². The van der Waals surface area contributed by atoms with Crippen LogP contribution >= 0.6 is 0 Å². The van der Waals surface area contributed by atoms with Crippen molar-refractivity contribution in [3.8, 4) is 0 Å². The van der Waals surface area contributed by atoms with E-state index in [2.05, 4.69) is 29.5 Å². The van der Waals surface area contributed by atoms with E-state index in [0.29, 0.717) is 11.3 Å². The quantitative estimate of drug-likeness (QED) is 0.497. The Morgan fingerprint density at radius 2 is 1.92 bits per heavy atom. The molecule has 1 amide bonds. The highest BCUT2D eigenvalue weighted by Gasteiger charge is 2.33. The molecule has 0 unspecified atom stereocenters. The number of carbonyl (C=O) groups is 1. The predicted molar refractivity (Wildman–Crippen MR) is 99.2 cm³/mol. The minimum atomic E-state index is 0.00982. The molecule has 0 spiro atoms. The standard InChI is InChI=1S/C18H36N4O2/c1-15(2)12-19-17(20-13-16(23)22(3)4)21-14-18(10-11-24-5)8-6-7-9-18/h15H,6-14H2,1-5H3,(H2,19,20,21). The first kappa shape index (κ1) is 20.7. The zero-order valence-corrected chi connectivity index (χ0v) is 16.2. The summed E-state index contributed by atoms with van der Waals surface area (Å²) in [6, 6.07) is 0. The van der Waals surface area contributed by atoms with Gasteiger partial charge in [0.2, 0.25) is 5.91 Å². The van der Waals surface area contributed by atoms with Crippen molar-refractivity contribution >= 4 is 11.9 Å². The van der Waals surface area contributed by atoms with Crippen molar-refractivity contribution in [2.45, 2.75) is 46.0 Å². The second kappa shape index (κ2) is 10.5. The molecule has 0 aromatic heterocycles. The van der Waals surface area contributed by atoms with Gasteiger partial charge in [-0.25, -0.2) is 4.99 Å². The maximum Gasteiger partial charge on any atom is 0.243 e. The van der Waals surface area contributed by atoms with E-state index in [1.807, 2.05) is 0 Å². The third kappa shape index (κ3) is 7.51. The van der Waals surface area contributed by atoms with Gasteiger partial charge in [-0.1, -0.05) is 26.7 Å². The molecule has 1 rings (SSSR count). The molecular formula is C18H36N4O2. The molecule has 0 atom stereocenters. The average Bonchev–Trinajstić information content (AvgIpc) is 3.00. The second-order valence-corrected chi connectivity index (χ2v) is 7.53. The average molecular weight is 341 g/mol. The van der Waals surface area contributed by atoms with Gasteiger partial charge >= 0.3 is 0 Å². The highest BCUT2D eigenvalue weighted by Crippen LogP contribution is 2.40. The van der Waals surface area contributed by atoms with Gasteiger partial charge in [-0.3, -0.25) is 4.79 Å². The fraction of sp³-hybridized carbons (Fsp3) is 0.889. The molecule has 0 aromatic carbocycles. The van der Waals surface area contributed by atoms with Crippen molar-refractivity contribution < 1.29 is 9.53 Å². The summed E-state index contributed by atoms with van der Waals surface area (Å²) in [6.07, 6.45) is 6.12. The third-order valence-electron chi connectivity index (χ3n) is 4.68. The summed E-state index contributed by atoms with van der Waals surface area (Å²) in [5.74, 6) is 1.27. The van der Waals surface area contributed by atoms with Gasteiger partial charge in [0.1, 0.15) is 6.54 Å². The van der Waals surface area contributed by atoms with Crippen LogP contribution in [0.1, 0.15) is 46.0 Å². The van der Waals surface area contributed by atoms with Gasteiger partial charge < -0.3 is 20.3 Å². The molecule has 0 aromatic rings. The fourth-order valence-corrected chi connectivity index (χ4v) is 2.99. The molecule has 24 heavy (non-hydrogen) atoms. The van der Waals surface area contributed by atoms with Crippen LogP contribution in [0.25, 0.3) is 0 Å². The van der Waals surface area contributed by atoms with Crippen LogP contribution in [-0.2, 0) is 9.53 Å². The van der Waals surface area contributed by atoms with Crippen molar-refractivity contribution in [3.63, 3.8) is 0 Å². The van der Waals surface area contributed by atoms with E-state index in [0.717, 1.165) is 32.1 Å². The van der Waals surface area contributed by atoms with Crippen LogP contribution in [0.3, 0.4) is 0 Å². The number of guanidine groups is 1. The molecule has 140 valence electrons. The SMILES string of the molecule is COCCC1(CNC(=NCC(=O)N(C)C)NCC(C)C)CCCC1. The smallest absolute Gasteiger partial charge is 0.243 e. The van der Waals surface area contributed by atoms with Crippen LogP contribution in [0.4, 0.5) is 0 Å². The molecule has 1 fully saturated rings. The number of ether oxygens (including phenoxy) is 1. The number of amides is 1. The molecule has 0 aliphatic heterocycles. The van der Waals surface area contributed by atoms with Gasteiger partial charge in [0.05, 0.1) is 0 Å². The maximum absolute atomic E-state index is 11.8. The highest BCUT2D eigenvalue weighted by atomic mass is 16.5. The highest BCUT2D eigenvalue weighted by molar-refractivity contribution is 5.84. The van der Waals surface area contributed by atoms with Crippen LogP contribution in [0.5, 0.6) is 0 Å². The summed E-state index contributed by atoms with van der Waals surface area (Å²) in [4.78, 5) is 17.8. The number of nitrogens with one attached hydrogen (secondary N) is 2. The van der Waals surface area contributed by atoms with Crippen LogP contribution in [0, 0.1) is 11.3 Å². The Hall–Kier alpha value is -1.30. The normalized spacial score (nSPS) is 17.2. The van der Waals surface area contributed by atoms with Crippen molar-refractivity contribution in [3.05, 3.63) is 0 Å². The van der Waals surface area contributed by atoms with Crippen LogP contribution in [0.2, 0.25) is 0 Å². The van der Waals surface area contributed by atoms with E-state index < -0.39 is 0 Å². The molecule has 1 aliphatic carbocycles. The number of methoxy groups -OCH3 is 1. The first-order chi connectivity index (χ1) is 11.4. The zero-order valence-electron chi connectivity index (χ0n) is 16.2. The number of hydrogen-bond acceptors (Lipinski definition) is 3. The first-order valence-electron chi connectivity index (χ1n) is 9.10. The van der Waals surface area contributed by atoms with Crippen LogP contribution < -0.4 is 10.6 Å². The lowest BCUT2D eigenvalue weighted by Gasteiger charge is -2.30. The Morgan fingerprint density at radius 1 is 1.25 bits per heavy atom. The van der Waals surface area contributed by atoms with Gasteiger partial charge in [-0.05, 0) is 30.6 Å². The van der Waals surface area contributed by atoms with E-state index in [-0.39, 0.29) is 12.5 Å². The largest absolute Gasteiger partial charge is 0.385 e. The van der Waals surface area contributed by atoms with Gasteiger partial charge in [-0.15, -0.1) is 0 Å². The van der Waals surface area contributed by atoms with E-state index in [1.165, 1.54) is 25.7 Å². The van der Waals surface area contributed by atoms with Crippen molar-refractivity contribution in [1.29, 1.82) is 0 Å². The molecule has 6 heteroatoms. The van der Waals surface area contributed by atoms with Crippen LogP contribution in [0.15, 0.2) is 4.99 Å². The lowest BCUT2D eigenvalue weighted by molar-refractivity contribution is -0.127. The molecular weight excluding hydrogens is 304 g/mol. The number of carbonyl (C=O) groups excluding carboxylic acids is 1. The Balaban J connectivity index is 2.64. The van der Waals surface area contributed by atoms with E-state index in [4.69, 9.17) is 4.74 Å². The fourth-order valence-electron chi connectivity index (χ4n) is 2.99. The molecule has 0 bridgehead atoms. The number of rotatable bonds is 9. The van der Waals surface area contributed by atoms with E-state index in [9.17, 15) is 4.79 Å². The van der Waals surface area contributed by atoms with Gasteiger partial charge in [0.25, 0.3) is 0 Å². The monoisotopic (exact) mass is 340 g/mol. The summed E-state index contributed by atoms with van der Waals surface area (Å²) < 4.78 is 5.30. The first-order valence-corrected chi connectivity index (χ1v) is 9.10. The summed E-state index contributed by atoms with van der Waals surface area (Å²) in [6.45, 7) is 7.01. The summed E-state index contributed by atoms with van der Waals surface area (Å²) >= 11 is 0. The molecule has 0 heterocycles. The molecule has 2 N–H and O–H groups in total. The van der Waals surface area contributed by atoms with Crippen molar-refractivity contribution in [2.24, 2.45) is 16.3 Å². The summed E-state index contributed by atoms with van der Waals surface area (Å²) in [5.41, 5.74) is 0.293. The Labute approximate surface area is 147 Å². The number of aliphatic imine (C=N–C) groups is 1. The maximum atomic E-state index is 11.8. The molecule has 1 saturated carbocycles.